The summed E-state index contributed by atoms with van der Waals surface area (Å²) in [5.74, 6) is 0.791. The van der Waals surface area contributed by atoms with Gasteiger partial charge in [-0.1, -0.05) is 5.16 Å². The van der Waals surface area contributed by atoms with E-state index in [4.69, 9.17) is 15.6 Å². The number of nitrogen functional groups attached to an aromatic ring is 1. The van der Waals surface area contributed by atoms with Gasteiger partial charge in [-0.05, 0) is 35.7 Å². The average molecular weight is 447 g/mol. The molecule has 0 saturated carbocycles. The molecule has 0 aliphatic carbocycles. The maximum atomic E-state index is 6.37. The number of fused-ring (bicyclic) bond motifs is 1. The Morgan fingerprint density at radius 2 is 2.18 bits per heavy atom. The molecule has 3 aromatic heterocycles. The van der Waals surface area contributed by atoms with Gasteiger partial charge in [0.25, 0.3) is 0 Å². The summed E-state index contributed by atoms with van der Waals surface area (Å²) in [6.07, 6.45) is 7.47. The van der Waals surface area contributed by atoms with Crippen molar-refractivity contribution in [1.82, 2.24) is 29.7 Å². The third-order valence-electron chi connectivity index (χ3n) is 5.20. The zero-order chi connectivity index (χ0) is 19.8. The minimum atomic E-state index is 0.219. The number of hydrogen-bond donors (Lipinski definition) is 2. The third kappa shape index (κ3) is 3.26. The van der Waals surface area contributed by atoms with Gasteiger partial charge in [0, 0.05) is 42.9 Å². The zero-order valence-corrected chi connectivity index (χ0v) is 17.6. The smallest absolute Gasteiger partial charge is 0.165 e. The number of aromatic nitrogens is 5. The molecule has 3 aromatic rings. The van der Waals surface area contributed by atoms with Crippen LogP contribution in [0.4, 0.5) is 5.82 Å². The first-order valence-corrected chi connectivity index (χ1v) is 9.91. The van der Waals surface area contributed by atoms with Gasteiger partial charge in [-0.2, -0.15) is 14.7 Å². The van der Waals surface area contributed by atoms with Crippen LogP contribution in [-0.2, 0) is 11.9 Å². The van der Waals surface area contributed by atoms with Gasteiger partial charge in [0.15, 0.2) is 5.65 Å². The molecule has 1 saturated heterocycles. The van der Waals surface area contributed by atoms with Crippen molar-refractivity contribution in [2.45, 2.75) is 31.7 Å². The van der Waals surface area contributed by atoms with E-state index in [-0.39, 0.29) is 12.0 Å². The highest BCUT2D eigenvalue weighted by atomic mass is 79.9. The van der Waals surface area contributed by atoms with Gasteiger partial charge in [0.1, 0.15) is 12.9 Å². The molecular formula is C18H23BrN8O. The minimum absolute atomic E-state index is 0.219. The van der Waals surface area contributed by atoms with E-state index in [2.05, 4.69) is 36.6 Å². The lowest BCUT2D eigenvalue weighted by atomic mass is 9.90. The third-order valence-corrected chi connectivity index (χ3v) is 6.02. The topological polar surface area (TPSA) is 108 Å². The second-order valence-electron chi connectivity index (χ2n) is 7.04. The lowest BCUT2D eigenvalue weighted by Gasteiger charge is -2.30. The maximum Gasteiger partial charge on any atom is 0.165 e. The van der Waals surface area contributed by atoms with E-state index in [0.29, 0.717) is 5.82 Å². The molecule has 0 radical (unpaired) electrons. The largest absolute Gasteiger partial charge is 0.399 e. The van der Waals surface area contributed by atoms with Crippen molar-refractivity contribution in [3.63, 3.8) is 0 Å². The summed E-state index contributed by atoms with van der Waals surface area (Å²) in [6.45, 7) is 2.77. The minimum Gasteiger partial charge on any atom is -0.399 e. The summed E-state index contributed by atoms with van der Waals surface area (Å²) in [6, 6.07) is 0.219. The van der Waals surface area contributed by atoms with E-state index < -0.39 is 0 Å². The summed E-state index contributed by atoms with van der Waals surface area (Å²) < 4.78 is 4.23. The van der Waals surface area contributed by atoms with Crippen LogP contribution in [0.2, 0.25) is 0 Å². The van der Waals surface area contributed by atoms with Crippen LogP contribution in [0.3, 0.4) is 0 Å². The van der Waals surface area contributed by atoms with Crippen LogP contribution in [0, 0.1) is 0 Å². The molecule has 0 spiro atoms. The van der Waals surface area contributed by atoms with E-state index in [0.717, 1.165) is 52.0 Å². The monoisotopic (exact) mass is 446 g/mol. The van der Waals surface area contributed by atoms with Gasteiger partial charge in [-0.15, -0.1) is 0 Å². The Balaban J connectivity index is 1.68. The quantitative estimate of drug-likeness (QED) is 0.470. The van der Waals surface area contributed by atoms with Crippen LogP contribution in [0.5, 0.6) is 0 Å². The standard InChI is InChI=1S/C18H23BrN8O/c1-10(25-28-3)14-5-4-11(6-21-14)16-15(19)17(20)27-18(24-16)13(8-23-27)12-7-22-26(2)9-12/h7-9,11,14,21H,4-6,20H2,1-3H3/b25-10+/t11-,14-/m0/s1. The molecular weight excluding hydrogens is 424 g/mol. The number of hydrogen-bond acceptors (Lipinski definition) is 7. The number of aryl methyl sites for hydroxylation is 1. The van der Waals surface area contributed by atoms with Crippen molar-refractivity contribution in [1.29, 1.82) is 0 Å². The summed E-state index contributed by atoms with van der Waals surface area (Å²) >= 11 is 3.64. The highest BCUT2D eigenvalue weighted by Crippen LogP contribution is 2.35. The second kappa shape index (κ2) is 7.51. The van der Waals surface area contributed by atoms with Gasteiger partial charge in [0.05, 0.1) is 28.3 Å². The first-order chi connectivity index (χ1) is 13.5. The van der Waals surface area contributed by atoms with Gasteiger partial charge in [0.2, 0.25) is 0 Å². The maximum absolute atomic E-state index is 6.37. The Kier molecular flexibility index (Phi) is 5.07. The number of anilines is 1. The molecule has 4 heterocycles. The average Bonchev–Trinajstić information content (AvgIpc) is 3.31. The lowest BCUT2D eigenvalue weighted by Crippen LogP contribution is -2.42. The Morgan fingerprint density at radius 3 is 2.82 bits per heavy atom. The lowest BCUT2D eigenvalue weighted by molar-refractivity contribution is 0.210. The zero-order valence-electron chi connectivity index (χ0n) is 16.1. The SMILES string of the molecule is CO/N=C(\C)[C@@H]1CC[C@H](c2nc3c(-c4cnn(C)c4)cnn3c(N)c2Br)CN1. The van der Waals surface area contributed by atoms with E-state index in [1.54, 1.807) is 28.7 Å². The Morgan fingerprint density at radius 1 is 1.36 bits per heavy atom. The summed E-state index contributed by atoms with van der Waals surface area (Å²) in [5, 5.41) is 16.3. The number of oxime groups is 1. The summed E-state index contributed by atoms with van der Waals surface area (Å²) in [7, 11) is 3.46. The molecule has 0 bridgehead atoms. The molecule has 0 amide bonds. The predicted molar refractivity (Wildman–Crippen MR) is 111 cm³/mol. The second-order valence-corrected chi connectivity index (χ2v) is 7.84. The summed E-state index contributed by atoms with van der Waals surface area (Å²) in [4.78, 5) is 9.85. The number of nitrogens with zero attached hydrogens (tertiary/aromatic N) is 6. The molecule has 3 N–H and O–H groups in total. The normalized spacial score (nSPS) is 20.6. The van der Waals surface area contributed by atoms with Crippen molar-refractivity contribution < 1.29 is 4.84 Å². The molecule has 1 fully saturated rings. The van der Waals surface area contributed by atoms with Crippen molar-refractivity contribution in [2.75, 3.05) is 19.4 Å². The molecule has 148 valence electrons. The van der Waals surface area contributed by atoms with Gasteiger partial charge in [-0.3, -0.25) is 4.68 Å². The molecule has 1 aliphatic rings. The van der Waals surface area contributed by atoms with Gasteiger partial charge in [-0.25, -0.2) is 4.98 Å². The Labute approximate surface area is 171 Å². The van der Waals surface area contributed by atoms with E-state index >= 15 is 0 Å². The molecule has 2 atom stereocenters. The fraction of sp³-hybridized carbons (Fsp3) is 0.444. The number of rotatable bonds is 4. The van der Waals surface area contributed by atoms with Crippen LogP contribution in [0.1, 0.15) is 31.4 Å². The van der Waals surface area contributed by atoms with E-state index in [1.165, 1.54) is 0 Å². The van der Waals surface area contributed by atoms with Crippen molar-refractivity contribution >= 4 is 33.1 Å². The number of nitrogens with one attached hydrogen (secondary N) is 1. The van der Waals surface area contributed by atoms with Crippen molar-refractivity contribution in [3.05, 3.63) is 28.8 Å². The first-order valence-electron chi connectivity index (χ1n) is 9.12. The van der Waals surface area contributed by atoms with Crippen LogP contribution in [-0.4, -0.2) is 49.8 Å². The molecule has 1 aliphatic heterocycles. The highest BCUT2D eigenvalue weighted by Gasteiger charge is 2.28. The van der Waals surface area contributed by atoms with Crippen molar-refractivity contribution in [2.24, 2.45) is 12.2 Å². The number of nitrogens with two attached hydrogens (primary N) is 1. The van der Waals surface area contributed by atoms with E-state index in [9.17, 15) is 0 Å². The van der Waals surface area contributed by atoms with Crippen LogP contribution >= 0.6 is 15.9 Å². The van der Waals surface area contributed by atoms with Gasteiger partial charge < -0.3 is 15.9 Å². The van der Waals surface area contributed by atoms with Crippen LogP contribution < -0.4 is 11.1 Å². The predicted octanol–water partition coefficient (Wildman–Crippen LogP) is 2.33. The first kappa shape index (κ1) is 18.9. The fourth-order valence-electron chi connectivity index (χ4n) is 3.70. The molecule has 9 nitrogen and oxygen atoms in total. The Bertz CT molecular complexity index is 1030. The Hall–Kier alpha value is -2.46. The fourth-order valence-corrected chi connectivity index (χ4v) is 4.28. The molecule has 4 rings (SSSR count). The summed E-state index contributed by atoms with van der Waals surface area (Å²) in [5.41, 5.74) is 10.9. The van der Waals surface area contributed by atoms with Gasteiger partial charge >= 0.3 is 0 Å². The highest BCUT2D eigenvalue weighted by molar-refractivity contribution is 9.10. The van der Waals surface area contributed by atoms with Crippen molar-refractivity contribution in [3.8, 4) is 11.1 Å². The van der Waals surface area contributed by atoms with E-state index in [1.807, 2.05) is 20.2 Å². The molecule has 28 heavy (non-hydrogen) atoms. The number of halogens is 1. The van der Waals surface area contributed by atoms with Crippen LogP contribution in [0.25, 0.3) is 16.8 Å². The molecule has 10 heteroatoms. The molecule has 0 aromatic carbocycles. The number of piperidine rings is 1. The van der Waals surface area contributed by atoms with Crippen LogP contribution in [0.15, 0.2) is 28.2 Å². The molecule has 0 unspecified atom stereocenters.